The first-order chi connectivity index (χ1) is 7.45. The van der Waals surface area contributed by atoms with Crippen LogP contribution in [0, 0.1) is 11.3 Å². The second kappa shape index (κ2) is 4.99. The van der Waals surface area contributed by atoms with Crippen molar-refractivity contribution < 1.29 is 9.53 Å². The van der Waals surface area contributed by atoms with E-state index in [1.54, 1.807) is 18.0 Å². The summed E-state index contributed by atoms with van der Waals surface area (Å²) in [4.78, 5) is 15.1. The molecule has 1 amide bonds. The molecule has 0 N–H and O–H groups in total. The Morgan fingerprint density at radius 2 is 2.25 bits per heavy atom. The SMILES string of the molecule is CC1CN(/C(C#N)=C\N(C)C)C(=O)C(C)O1. The van der Waals surface area contributed by atoms with E-state index in [0.717, 1.165) is 0 Å². The monoisotopic (exact) mass is 223 g/mol. The number of hydrogen-bond donors (Lipinski definition) is 0. The summed E-state index contributed by atoms with van der Waals surface area (Å²) in [5.74, 6) is -0.159. The third-order valence-electron chi connectivity index (χ3n) is 2.28. The number of carbonyl (C=O) groups excluding carboxylic acids is 1. The molecule has 1 rings (SSSR count). The summed E-state index contributed by atoms with van der Waals surface area (Å²) >= 11 is 0. The standard InChI is InChI=1S/C11H17N3O2/c1-8-6-14(11(15)9(2)16-8)10(5-12)7-13(3)4/h7-9H,6H2,1-4H3/b10-7-. The van der Waals surface area contributed by atoms with Gasteiger partial charge in [-0.25, -0.2) is 0 Å². The van der Waals surface area contributed by atoms with Gasteiger partial charge < -0.3 is 9.64 Å². The number of morpholine rings is 1. The molecule has 0 radical (unpaired) electrons. The van der Waals surface area contributed by atoms with Gasteiger partial charge in [-0.05, 0) is 13.8 Å². The summed E-state index contributed by atoms with van der Waals surface area (Å²) < 4.78 is 5.39. The molecule has 1 fully saturated rings. The fourth-order valence-corrected chi connectivity index (χ4v) is 1.64. The first-order valence-electron chi connectivity index (χ1n) is 5.21. The molecule has 0 aliphatic carbocycles. The maximum absolute atomic E-state index is 11.8. The van der Waals surface area contributed by atoms with Gasteiger partial charge in [-0.1, -0.05) is 0 Å². The van der Waals surface area contributed by atoms with E-state index in [4.69, 9.17) is 10.00 Å². The van der Waals surface area contributed by atoms with Gasteiger partial charge in [0.15, 0.2) is 0 Å². The van der Waals surface area contributed by atoms with Crippen LogP contribution in [0.5, 0.6) is 0 Å². The van der Waals surface area contributed by atoms with Crippen LogP contribution >= 0.6 is 0 Å². The Labute approximate surface area is 95.9 Å². The molecule has 5 nitrogen and oxygen atoms in total. The maximum atomic E-state index is 11.8. The van der Waals surface area contributed by atoms with Crippen molar-refractivity contribution in [2.75, 3.05) is 20.6 Å². The number of amides is 1. The summed E-state index contributed by atoms with van der Waals surface area (Å²) in [6.07, 6.45) is 1.11. The van der Waals surface area contributed by atoms with Crippen molar-refractivity contribution in [1.29, 1.82) is 5.26 Å². The number of carbonyl (C=O) groups is 1. The molecule has 0 spiro atoms. The van der Waals surface area contributed by atoms with Crippen LogP contribution < -0.4 is 0 Å². The highest BCUT2D eigenvalue weighted by atomic mass is 16.5. The number of nitrogens with zero attached hydrogens (tertiary/aromatic N) is 3. The quantitative estimate of drug-likeness (QED) is 0.641. The summed E-state index contributed by atoms with van der Waals surface area (Å²) in [6.45, 7) is 4.02. The molecule has 2 atom stereocenters. The third-order valence-corrected chi connectivity index (χ3v) is 2.28. The molecule has 88 valence electrons. The van der Waals surface area contributed by atoms with Crippen molar-refractivity contribution in [3.05, 3.63) is 11.9 Å². The second-order valence-corrected chi connectivity index (χ2v) is 4.13. The summed E-state index contributed by atoms with van der Waals surface area (Å²) in [5.41, 5.74) is 0.358. The summed E-state index contributed by atoms with van der Waals surface area (Å²) in [7, 11) is 3.63. The number of ether oxygens (including phenoxy) is 1. The van der Waals surface area contributed by atoms with E-state index in [1.807, 2.05) is 27.1 Å². The van der Waals surface area contributed by atoms with Gasteiger partial charge in [0, 0.05) is 20.3 Å². The normalized spacial score (nSPS) is 26.6. The van der Waals surface area contributed by atoms with Gasteiger partial charge in [-0.3, -0.25) is 9.69 Å². The van der Waals surface area contributed by atoms with Gasteiger partial charge in [0.2, 0.25) is 0 Å². The van der Waals surface area contributed by atoms with E-state index in [2.05, 4.69) is 0 Å². The number of nitriles is 1. The van der Waals surface area contributed by atoms with Crippen LogP contribution in [0.2, 0.25) is 0 Å². The topological polar surface area (TPSA) is 56.6 Å². The van der Waals surface area contributed by atoms with Crippen molar-refractivity contribution in [2.45, 2.75) is 26.1 Å². The zero-order valence-corrected chi connectivity index (χ0v) is 10.1. The third kappa shape index (κ3) is 2.74. The molecule has 1 heterocycles. The molecule has 5 heteroatoms. The number of hydrogen-bond acceptors (Lipinski definition) is 4. The van der Waals surface area contributed by atoms with Crippen molar-refractivity contribution in [1.82, 2.24) is 9.80 Å². The fraction of sp³-hybridized carbons (Fsp3) is 0.636. The summed E-state index contributed by atoms with van der Waals surface area (Å²) in [5, 5.41) is 9.04. The zero-order valence-electron chi connectivity index (χ0n) is 10.1. The minimum Gasteiger partial charge on any atom is -0.381 e. The molecule has 1 saturated heterocycles. The molecule has 1 aliphatic rings. The maximum Gasteiger partial charge on any atom is 0.256 e. The first-order valence-corrected chi connectivity index (χ1v) is 5.21. The molecule has 2 unspecified atom stereocenters. The predicted octanol–water partition coefficient (Wildman–Crippen LogP) is 0.549. The van der Waals surface area contributed by atoms with E-state index in [1.165, 1.54) is 4.90 Å². The highest BCUT2D eigenvalue weighted by molar-refractivity contribution is 5.83. The Kier molecular flexibility index (Phi) is 3.91. The lowest BCUT2D eigenvalue weighted by Gasteiger charge is -2.34. The van der Waals surface area contributed by atoms with E-state index in [0.29, 0.717) is 12.2 Å². The van der Waals surface area contributed by atoms with E-state index in [9.17, 15) is 4.79 Å². The highest BCUT2D eigenvalue weighted by Crippen LogP contribution is 2.17. The van der Waals surface area contributed by atoms with Crippen molar-refractivity contribution in [2.24, 2.45) is 0 Å². The van der Waals surface area contributed by atoms with Crippen molar-refractivity contribution >= 4 is 5.91 Å². The van der Waals surface area contributed by atoms with Gasteiger partial charge in [0.1, 0.15) is 17.9 Å². The fourth-order valence-electron chi connectivity index (χ4n) is 1.64. The average Bonchev–Trinajstić information content (AvgIpc) is 2.20. The van der Waals surface area contributed by atoms with Gasteiger partial charge in [-0.2, -0.15) is 5.26 Å². The van der Waals surface area contributed by atoms with Gasteiger partial charge in [0.25, 0.3) is 5.91 Å². The van der Waals surface area contributed by atoms with Gasteiger partial charge in [-0.15, -0.1) is 0 Å². The van der Waals surface area contributed by atoms with Crippen LogP contribution in [0.25, 0.3) is 0 Å². The van der Waals surface area contributed by atoms with Crippen LogP contribution in [0.4, 0.5) is 0 Å². The van der Waals surface area contributed by atoms with Crippen LogP contribution in [0.15, 0.2) is 11.9 Å². The second-order valence-electron chi connectivity index (χ2n) is 4.13. The Morgan fingerprint density at radius 1 is 1.62 bits per heavy atom. The first kappa shape index (κ1) is 12.5. The van der Waals surface area contributed by atoms with Crippen LogP contribution in [-0.2, 0) is 9.53 Å². The molecule has 1 aliphatic heterocycles. The predicted molar refractivity (Wildman–Crippen MR) is 59.1 cm³/mol. The van der Waals surface area contributed by atoms with E-state index in [-0.39, 0.29) is 12.0 Å². The molecule has 0 aromatic heterocycles. The minimum atomic E-state index is -0.484. The molecular formula is C11H17N3O2. The zero-order chi connectivity index (χ0) is 12.3. The summed E-state index contributed by atoms with van der Waals surface area (Å²) in [6, 6.07) is 2.04. The Morgan fingerprint density at radius 3 is 2.75 bits per heavy atom. The lowest BCUT2D eigenvalue weighted by atomic mass is 10.2. The lowest BCUT2D eigenvalue weighted by molar-refractivity contribution is -0.155. The Bertz CT molecular complexity index is 344. The highest BCUT2D eigenvalue weighted by Gasteiger charge is 2.32. The van der Waals surface area contributed by atoms with Crippen LogP contribution in [-0.4, -0.2) is 48.6 Å². The van der Waals surface area contributed by atoms with Crippen LogP contribution in [0.3, 0.4) is 0 Å². The van der Waals surface area contributed by atoms with Crippen LogP contribution in [0.1, 0.15) is 13.8 Å². The molecular weight excluding hydrogens is 206 g/mol. The lowest BCUT2D eigenvalue weighted by Crippen LogP contribution is -2.49. The van der Waals surface area contributed by atoms with E-state index < -0.39 is 6.10 Å². The molecule has 16 heavy (non-hydrogen) atoms. The smallest absolute Gasteiger partial charge is 0.256 e. The molecule has 0 saturated carbocycles. The van der Waals surface area contributed by atoms with Gasteiger partial charge in [0.05, 0.1) is 12.6 Å². The average molecular weight is 223 g/mol. The molecule has 0 aromatic rings. The molecule has 0 aromatic carbocycles. The molecule has 0 bridgehead atoms. The van der Waals surface area contributed by atoms with Gasteiger partial charge >= 0.3 is 0 Å². The van der Waals surface area contributed by atoms with Crippen molar-refractivity contribution in [3.8, 4) is 6.07 Å². The number of rotatable bonds is 2. The van der Waals surface area contributed by atoms with Crippen molar-refractivity contribution in [3.63, 3.8) is 0 Å². The Balaban J connectivity index is 2.93. The van der Waals surface area contributed by atoms with E-state index >= 15 is 0 Å². The largest absolute Gasteiger partial charge is 0.381 e. The Hall–Kier alpha value is -1.54. The minimum absolute atomic E-state index is 0.0494. The number of allylic oxidation sites excluding steroid dienone is 1.